The summed E-state index contributed by atoms with van der Waals surface area (Å²) >= 11 is 0. The topological polar surface area (TPSA) is 77.8 Å². The first-order valence-electron chi connectivity index (χ1n) is 13.1. The zero-order chi connectivity index (χ0) is 22.6. The molecule has 4 aliphatic rings. The Morgan fingerprint density at radius 2 is 1.61 bits per heavy atom. The van der Waals surface area contributed by atoms with Crippen molar-refractivity contribution in [2.45, 2.75) is 110 Å². The number of aldehydes is 1. The molecule has 4 nitrogen and oxygen atoms in total. The molecule has 0 bridgehead atoms. The maximum Gasteiger partial charge on any atom is 0.125 e. The Balaban J connectivity index is 1.48. The molecule has 0 aromatic heterocycles. The summed E-state index contributed by atoms with van der Waals surface area (Å²) in [6.45, 7) is 9.12. The van der Waals surface area contributed by atoms with E-state index in [4.69, 9.17) is 0 Å². The van der Waals surface area contributed by atoms with Crippen LogP contribution in [0.15, 0.2) is 0 Å². The van der Waals surface area contributed by atoms with Crippen LogP contribution in [0.4, 0.5) is 0 Å². The summed E-state index contributed by atoms with van der Waals surface area (Å²) in [6.07, 6.45) is 10.3. The summed E-state index contributed by atoms with van der Waals surface area (Å²) in [4.78, 5) is 11.0. The summed E-state index contributed by atoms with van der Waals surface area (Å²) in [5.74, 6) is 2.96. The highest BCUT2D eigenvalue weighted by Gasteiger charge is 2.62. The van der Waals surface area contributed by atoms with Crippen molar-refractivity contribution in [3.8, 4) is 0 Å². The van der Waals surface area contributed by atoms with Crippen LogP contribution in [0.25, 0.3) is 0 Å². The third-order valence-corrected chi connectivity index (χ3v) is 11.2. The van der Waals surface area contributed by atoms with E-state index in [0.29, 0.717) is 41.9 Å². The van der Waals surface area contributed by atoms with E-state index in [2.05, 4.69) is 20.8 Å². The SMILES string of the molecule is CC(C=O)C(O)CC[C@@H](C)[C@H]1CC[C@H]2[C@@H]3[C@H](O)C[C@@H]4C[C@H](O)CC[C@]4(C)[C@H]3CC[C@]12C. The zero-order valence-electron chi connectivity index (χ0n) is 20.2. The first kappa shape index (κ1) is 23.7. The minimum absolute atomic E-state index is 0.176. The average molecular weight is 435 g/mol. The average Bonchev–Trinajstić information content (AvgIpc) is 3.09. The maximum atomic E-state index is 11.3. The third kappa shape index (κ3) is 3.93. The Morgan fingerprint density at radius 3 is 2.32 bits per heavy atom. The van der Waals surface area contributed by atoms with Crippen LogP contribution in [0.2, 0.25) is 0 Å². The molecule has 4 fully saturated rings. The van der Waals surface area contributed by atoms with Crippen molar-refractivity contribution in [3.63, 3.8) is 0 Å². The van der Waals surface area contributed by atoms with Gasteiger partial charge in [0.15, 0.2) is 0 Å². The quantitative estimate of drug-likeness (QED) is 0.534. The van der Waals surface area contributed by atoms with Gasteiger partial charge in [-0.05, 0) is 111 Å². The molecule has 12 atom stereocenters. The van der Waals surface area contributed by atoms with E-state index in [9.17, 15) is 20.1 Å². The number of aliphatic hydroxyl groups excluding tert-OH is 3. The Bertz CT molecular complexity index is 651. The van der Waals surface area contributed by atoms with Gasteiger partial charge in [0.25, 0.3) is 0 Å². The first-order chi connectivity index (χ1) is 14.6. The highest BCUT2D eigenvalue weighted by molar-refractivity contribution is 5.53. The van der Waals surface area contributed by atoms with Crippen molar-refractivity contribution >= 4 is 6.29 Å². The predicted molar refractivity (Wildman–Crippen MR) is 122 cm³/mol. The number of hydrogen-bond acceptors (Lipinski definition) is 4. The van der Waals surface area contributed by atoms with Crippen LogP contribution in [0.3, 0.4) is 0 Å². The van der Waals surface area contributed by atoms with Gasteiger partial charge in [0.1, 0.15) is 6.29 Å². The molecule has 178 valence electrons. The van der Waals surface area contributed by atoms with Gasteiger partial charge in [0, 0.05) is 5.92 Å². The van der Waals surface area contributed by atoms with E-state index in [1.54, 1.807) is 6.92 Å². The van der Waals surface area contributed by atoms with E-state index in [1.807, 2.05) is 0 Å². The van der Waals surface area contributed by atoms with Gasteiger partial charge in [-0.15, -0.1) is 0 Å². The molecule has 0 amide bonds. The minimum Gasteiger partial charge on any atom is -0.393 e. The molecule has 4 aliphatic carbocycles. The molecular weight excluding hydrogens is 388 g/mol. The van der Waals surface area contributed by atoms with E-state index < -0.39 is 6.10 Å². The molecule has 0 aliphatic heterocycles. The monoisotopic (exact) mass is 434 g/mol. The van der Waals surface area contributed by atoms with E-state index in [0.717, 1.165) is 38.4 Å². The van der Waals surface area contributed by atoms with Crippen LogP contribution in [0.5, 0.6) is 0 Å². The van der Waals surface area contributed by atoms with Gasteiger partial charge in [0.2, 0.25) is 0 Å². The number of hydrogen-bond donors (Lipinski definition) is 3. The molecule has 31 heavy (non-hydrogen) atoms. The van der Waals surface area contributed by atoms with E-state index >= 15 is 0 Å². The van der Waals surface area contributed by atoms with Crippen molar-refractivity contribution in [1.82, 2.24) is 0 Å². The second kappa shape index (κ2) is 8.72. The molecule has 0 radical (unpaired) electrons. The van der Waals surface area contributed by atoms with Crippen molar-refractivity contribution in [1.29, 1.82) is 0 Å². The number of carbonyl (C=O) groups is 1. The lowest BCUT2D eigenvalue weighted by Gasteiger charge is -2.62. The fraction of sp³-hybridized carbons (Fsp3) is 0.963. The van der Waals surface area contributed by atoms with Gasteiger partial charge in [-0.1, -0.05) is 27.7 Å². The van der Waals surface area contributed by atoms with Gasteiger partial charge in [-0.25, -0.2) is 0 Å². The molecule has 0 aromatic carbocycles. The van der Waals surface area contributed by atoms with E-state index in [1.165, 1.54) is 25.7 Å². The van der Waals surface area contributed by atoms with Crippen LogP contribution < -0.4 is 0 Å². The Morgan fingerprint density at radius 1 is 0.935 bits per heavy atom. The molecule has 0 saturated heterocycles. The van der Waals surface area contributed by atoms with Gasteiger partial charge in [-0.2, -0.15) is 0 Å². The van der Waals surface area contributed by atoms with Crippen molar-refractivity contribution in [2.24, 2.45) is 52.3 Å². The summed E-state index contributed by atoms with van der Waals surface area (Å²) in [6, 6.07) is 0. The molecule has 4 saturated carbocycles. The molecule has 0 heterocycles. The van der Waals surface area contributed by atoms with Gasteiger partial charge >= 0.3 is 0 Å². The number of rotatable bonds is 6. The molecule has 0 spiro atoms. The van der Waals surface area contributed by atoms with Crippen molar-refractivity contribution in [2.75, 3.05) is 0 Å². The first-order valence-corrected chi connectivity index (χ1v) is 13.1. The zero-order valence-corrected chi connectivity index (χ0v) is 20.2. The molecule has 0 aromatic rings. The fourth-order valence-electron chi connectivity index (χ4n) is 9.16. The highest BCUT2D eigenvalue weighted by Crippen LogP contribution is 2.68. The smallest absolute Gasteiger partial charge is 0.125 e. The summed E-state index contributed by atoms with van der Waals surface area (Å²) in [5.41, 5.74) is 0.559. The molecule has 2 unspecified atom stereocenters. The lowest BCUT2D eigenvalue weighted by Crippen LogP contribution is -2.58. The third-order valence-electron chi connectivity index (χ3n) is 11.2. The van der Waals surface area contributed by atoms with Crippen LogP contribution in [-0.2, 0) is 4.79 Å². The molecule has 4 heteroatoms. The normalized spacial score (nSPS) is 50.0. The predicted octanol–water partition coefficient (Wildman–Crippen LogP) is 4.59. The second-order valence-corrected chi connectivity index (χ2v) is 12.6. The largest absolute Gasteiger partial charge is 0.393 e. The maximum absolute atomic E-state index is 11.3. The minimum atomic E-state index is -0.528. The number of aliphatic hydroxyl groups is 3. The van der Waals surface area contributed by atoms with Crippen molar-refractivity contribution in [3.05, 3.63) is 0 Å². The highest BCUT2D eigenvalue weighted by atomic mass is 16.3. The number of carbonyl (C=O) groups excluding carboxylic acids is 1. The fourth-order valence-corrected chi connectivity index (χ4v) is 9.16. The Hall–Kier alpha value is -0.450. The van der Waals surface area contributed by atoms with E-state index in [-0.39, 0.29) is 29.0 Å². The van der Waals surface area contributed by atoms with Crippen LogP contribution in [-0.4, -0.2) is 39.9 Å². The van der Waals surface area contributed by atoms with Gasteiger partial charge in [-0.3, -0.25) is 0 Å². The van der Waals surface area contributed by atoms with Gasteiger partial charge < -0.3 is 20.1 Å². The summed E-state index contributed by atoms with van der Waals surface area (Å²) in [7, 11) is 0. The second-order valence-electron chi connectivity index (χ2n) is 12.6. The molecule has 3 N–H and O–H groups in total. The van der Waals surface area contributed by atoms with Crippen LogP contribution in [0, 0.1) is 52.3 Å². The van der Waals surface area contributed by atoms with Crippen LogP contribution >= 0.6 is 0 Å². The standard InChI is InChI=1S/C27H46O4/c1-16(5-8-23(30)17(2)15-28)20-6-7-21-25-22(10-12-27(20,21)4)26(3)11-9-19(29)13-18(26)14-24(25)31/h15-25,29-31H,5-14H2,1-4H3/t16-,17?,18+,19-,20-,21+,22+,23?,24-,25+,26+,27-/m1/s1. The lowest BCUT2D eigenvalue weighted by atomic mass is 9.43. The van der Waals surface area contributed by atoms with Crippen LogP contribution in [0.1, 0.15) is 91.9 Å². The molecule has 4 rings (SSSR count). The van der Waals surface area contributed by atoms with Crippen molar-refractivity contribution < 1.29 is 20.1 Å². The Kier molecular flexibility index (Phi) is 6.67. The number of fused-ring (bicyclic) bond motifs is 5. The summed E-state index contributed by atoms with van der Waals surface area (Å²) in [5, 5.41) is 31.9. The Labute approximate surface area is 189 Å². The summed E-state index contributed by atoms with van der Waals surface area (Å²) < 4.78 is 0. The van der Waals surface area contributed by atoms with Gasteiger partial charge in [0.05, 0.1) is 18.3 Å². The molecular formula is C27H46O4. The lowest BCUT2D eigenvalue weighted by molar-refractivity contribution is -0.174.